The van der Waals surface area contributed by atoms with E-state index in [4.69, 9.17) is 0 Å². The third-order valence-corrected chi connectivity index (χ3v) is 2.65. The van der Waals surface area contributed by atoms with Crippen molar-refractivity contribution in [2.24, 2.45) is 5.92 Å². The third-order valence-electron chi connectivity index (χ3n) is 2.65. The van der Waals surface area contributed by atoms with Crippen LogP contribution in [-0.2, 0) is 4.79 Å². The van der Waals surface area contributed by atoms with Crippen molar-refractivity contribution in [3.8, 4) is 0 Å². The van der Waals surface area contributed by atoms with Crippen molar-refractivity contribution in [1.82, 2.24) is 10.3 Å². The van der Waals surface area contributed by atoms with Gasteiger partial charge in [0.1, 0.15) is 0 Å². The zero-order valence-corrected chi connectivity index (χ0v) is 9.76. The number of rotatable bonds is 6. The molecule has 18 heavy (non-hydrogen) atoms. The van der Waals surface area contributed by atoms with Crippen LogP contribution in [0.15, 0.2) is 18.3 Å². The van der Waals surface area contributed by atoms with Gasteiger partial charge in [-0.15, -0.1) is 0 Å². The third kappa shape index (κ3) is 3.16. The predicted molar refractivity (Wildman–Crippen MR) is 65.1 cm³/mol. The van der Waals surface area contributed by atoms with Crippen molar-refractivity contribution in [3.05, 3.63) is 28.4 Å². The molecule has 1 heterocycles. The van der Waals surface area contributed by atoms with E-state index in [1.165, 1.54) is 18.3 Å². The number of amides is 1. The van der Waals surface area contributed by atoms with Crippen molar-refractivity contribution in [1.29, 1.82) is 0 Å². The highest BCUT2D eigenvalue weighted by atomic mass is 16.6. The summed E-state index contributed by atoms with van der Waals surface area (Å²) < 4.78 is 0. The summed E-state index contributed by atoms with van der Waals surface area (Å²) >= 11 is 0. The first kappa shape index (κ1) is 12.3. The maximum absolute atomic E-state index is 11.3. The summed E-state index contributed by atoms with van der Waals surface area (Å²) in [7, 11) is 0. The van der Waals surface area contributed by atoms with Crippen LogP contribution in [0.3, 0.4) is 0 Å². The molecule has 0 unspecified atom stereocenters. The maximum atomic E-state index is 11.3. The highest BCUT2D eigenvalue weighted by molar-refractivity contribution is 5.80. The van der Waals surface area contributed by atoms with Gasteiger partial charge in [-0.1, -0.05) is 0 Å². The van der Waals surface area contributed by atoms with E-state index in [1.54, 1.807) is 0 Å². The Balaban J connectivity index is 1.79. The van der Waals surface area contributed by atoms with Gasteiger partial charge >= 0.3 is 5.69 Å². The second-order valence-corrected chi connectivity index (χ2v) is 4.12. The van der Waals surface area contributed by atoms with Gasteiger partial charge in [0.25, 0.3) is 0 Å². The number of nitrogens with zero attached hydrogens (tertiary/aromatic N) is 2. The van der Waals surface area contributed by atoms with Gasteiger partial charge < -0.3 is 10.6 Å². The predicted octanol–water partition coefficient (Wildman–Crippen LogP) is 0.928. The number of aromatic nitrogens is 1. The fraction of sp³-hybridized carbons (Fsp3) is 0.455. The van der Waals surface area contributed by atoms with E-state index in [0.29, 0.717) is 13.1 Å². The lowest BCUT2D eigenvalue weighted by atomic mass is 10.4. The Morgan fingerprint density at radius 1 is 1.50 bits per heavy atom. The van der Waals surface area contributed by atoms with Crippen LogP contribution >= 0.6 is 0 Å². The second kappa shape index (κ2) is 5.44. The molecular formula is C11H14N4O3. The molecule has 1 aliphatic rings. The topological polar surface area (TPSA) is 97.2 Å². The van der Waals surface area contributed by atoms with E-state index in [9.17, 15) is 14.9 Å². The van der Waals surface area contributed by atoms with Crippen molar-refractivity contribution >= 4 is 17.4 Å². The normalized spacial score (nSPS) is 14.0. The monoisotopic (exact) mass is 250 g/mol. The van der Waals surface area contributed by atoms with E-state index < -0.39 is 4.92 Å². The number of nitrogens with one attached hydrogen (secondary N) is 2. The lowest BCUT2D eigenvalue weighted by Crippen LogP contribution is -2.30. The number of pyridine rings is 1. The van der Waals surface area contributed by atoms with Crippen LogP contribution in [0.25, 0.3) is 0 Å². The summed E-state index contributed by atoms with van der Waals surface area (Å²) in [6.45, 7) is 0.847. The van der Waals surface area contributed by atoms with Crippen LogP contribution in [0.4, 0.5) is 11.5 Å². The summed E-state index contributed by atoms with van der Waals surface area (Å²) in [4.78, 5) is 25.5. The van der Waals surface area contributed by atoms with Crippen LogP contribution in [0, 0.1) is 16.0 Å². The number of anilines is 1. The molecule has 1 saturated carbocycles. The summed E-state index contributed by atoms with van der Waals surface area (Å²) in [5, 5.41) is 16.3. The van der Waals surface area contributed by atoms with Crippen LogP contribution in [0.1, 0.15) is 12.8 Å². The van der Waals surface area contributed by atoms with Crippen molar-refractivity contribution in [2.75, 3.05) is 18.4 Å². The van der Waals surface area contributed by atoms with Crippen molar-refractivity contribution < 1.29 is 9.72 Å². The Hall–Kier alpha value is -2.18. The molecule has 0 aromatic carbocycles. The number of nitro groups is 1. The van der Waals surface area contributed by atoms with E-state index in [1.807, 2.05) is 0 Å². The van der Waals surface area contributed by atoms with Crippen LogP contribution < -0.4 is 10.6 Å². The molecule has 1 aromatic heterocycles. The number of carbonyl (C=O) groups is 1. The summed E-state index contributed by atoms with van der Waals surface area (Å²) in [6.07, 6.45) is 3.41. The van der Waals surface area contributed by atoms with Gasteiger partial charge in [0.15, 0.2) is 0 Å². The average Bonchev–Trinajstić information content (AvgIpc) is 3.19. The van der Waals surface area contributed by atoms with E-state index in [-0.39, 0.29) is 23.3 Å². The molecule has 7 heteroatoms. The van der Waals surface area contributed by atoms with Gasteiger partial charge in [-0.2, -0.15) is 0 Å². The van der Waals surface area contributed by atoms with E-state index in [0.717, 1.165) is 12.8 Å². The smallest absolute Gasteiger partial charge is 0.311 e. The Labute approximate surface area is 104 Å². The van der Waals surface area contributed by atoms with Gasteiger partial charge in [0, 0.05) is 31.3 Å². The molecule has 0 spiro atoms. The standard InChI is InChI=1S/C11H14N4O3/c16-11(8-3-4-8)14-7-6-13-10-9(15(17)18)2-1-5-12-10/h1-2,5,8H,3-4,6-7H2,(H,12,13)(H,14,16). The fourth-order valence-electron chi connectivity index (χ4n) is 1.54. The molecule has 0 bridgehead atoms. The van der Waals surface area contributed by atoms with Gasteiger partial charge in [0.05, 0.1) is 4.92 Å². The van der Waals surface area contributed by atoms with Crippen molar-refractivity contribution in [2.45, 2.75) is 12.8 Å². The van der Waals surface area contributed by atoms with Gasteiger partial charge in [-0.05, 0) is 18.9 Å². The molecule has 7 nitrogen and oxygen atoms in total. The Morgan fingerprint density at radius 2 is 2.28 bits per heavy atom. The van der Waals surface area contributed by atoms with Crippen LogP contribution in [-0.4, -0.2) is 28.9 Å². The van der Waals surface area contributed by atoms with Crippen LogP contribution in [0.2, 0.25) is 0 Å². The molecule has 0 aliphatic heterocycles. The van der Waals surface area contributed by atoms with Gasteiger partial charge in [-0.25, -0.2) is 4.98 Å². The number of hydrogen-bond acceptors (Lipinski definition) is 5. The van der Waals surface area contributed by atoms with Gasteiger partial charge in [-0.3, -0.25) is 14.9 Å². The summed E-state index contributed by atoms with van der Waals surface area (Å²) in [5.41, 5.74) is -0.0639. The molecule has 1 aliphatic carbocycles. The molecule has 2 N–H and O–H groups in total. The largest absolute Gasteiger partial charge is 0.363 e. The minimum atomic E-state index is -0.488. The molecule has 96 valence electrons. The molecule has 2 rings (SSSR count). The molecular weight excluding hydrogens is 236 g/mol. The first-order chi connectivity index (χ1) is 8.68. The maximum Gasteiger partial charge on any atom is 0.311 e. The molecule has 1 fully saturated rings. The Kier molecular flexibility index (Phi) is 3.71. The fourth-order valence-corrected chi connectivity index (χ4v) is 1.54. The Morgan fingerprint density at radius 3 is 2.94 bits per heavy atom. The molecule has 0 saturated heterocycles. The van der Waals surface area contributed by atoms with Gasteiger partial charge in [0.2, 0.25) is 11.7 Å². The SMILES string of the molecule is O=C(NCCNc1ncccc1[N+](=O)[O-])C1CC1. The molecule has 1 amide bonds. The number of hydrogen-bond donors (Lipinski definition) is 2. The lowest BCUT2D eigenvalue weighted by molar-refractivity contribution is -0.384. The molecule has 0 atom stereocenters. The Bertz CT molecular complexity index is 459. The summed E-state index contributed by atoms with van der Waals surface area (Å²) in [6, 6.07) is 2.90. The highest BCUT2D eigenvalue weighted by Gasteiger charge is 2.29. The minimum Gasteiger partial charge on any atom is -0.363 e. The van der Waals surface area contributed by atoms with E-state index >= 15 is 0 Å². The zero-order chi connectivity index (χ0) is 13.0. The van der Waals surface area contributed by atoms with Crippen molar-refractivity contribution in [3.63, 3.8) is 0 Å². The zero-order valence-electron chi connectivity index (χ0n) is 9.76. The summed E-state index contributed by atoms with van der Waals surface area (Å²) in [5.74, 6) is 0.463. The average molecular weight is 250 g/mol. The first-order valence-corrected chi connectivity index (χ1v) is 5.79. The number of carbonyl (C=O) groups excluding carboxylic acids is 1. The molecule has 0 radical (unpaired) electrons. The van der Waals surface area contributed by atoms with Crippen LogP contribution in [0.5, 0.6) is 0 Å². The second-order valence-electron chi connectivity index (χ2n) is 4.12. The minimum absolute atomic E-state index is 0.0623. The molecule has 1 aromatic rings. The first-order valence-electron chi connectivity index (χ1n) is 5.79. The highest BCUT2D eigenvalue weighted by Crippen LogP contribution is 2.28. The quantitative estimate of drug-likeness (QED) is 0.444. The lowest BCUT2D eigenvalue weighted by Gasteiger charge is -2.06. The van der Waals surface area contributed by atoms with E-state index in [2.05, 4.69) is 15.6 Å².